The highest BCUT2D eigenvalue weighted by Gasteiger charge is 2.32. The van der Waals surface area contributed by atoms with Gasteiger partial charge in [-0.15, -0.1) is 0 Å². The first kappa shape index (κ1) is 26.8. The molecule has 1 saturated heterocycles. The first-order valence-corrected chi connectivity index (χ1v) is 14.4. The van der Waals surface area contributed by atoms with Gasteiger partial charge < -0.3 is 24.6 Å². The minimum Gasteiger partial charge on any atom is -0.445 e. The van der Waals surface area contributed by atoms with Gasteiger partial charge in [-0.05, 0) is 62.0 Å². The zero-order chi connectivity index (χ0) is 26.5. The lowest BCUT2D eigenvalue weighted by Gasteiger charge is -2.42. The molecule has 1 saturated carbocycles. The number of fused-ring (bicyclic) bond motifs is 1. The van der Waals surface area contributed by atoms with E-state index in [-0.39, 0.29) is 13.2 Å². The number of para-hydroxylation sites is 1. The number of amides is 1. The van der Waals surface area contributed by atoms with Crippen molar-refractivity contribution < 1.29 is 14.6 Å². The summed E-state index contributed by atoms with van der Waals surface area (Å²) < 4.78 is 7.85. The number of nitrogens with one attached hydrogen (secondary N) is 1. The monoisotopic (exact) mass is 517 g/mol. The third-order valence-electron chi connectivity index (χ3n) is 8.96. The predicted octanol–water partition coefficient (Wildman–Crippen LogP) is 6.41. The molecular formula is C32H43N3O3. The fraction of sp³-hybridized carbons (Fsp3) is 0.531. The Kier molecular flexibility index (Phi) is 8.70. The Morgan fingerprint density at radius 1 is 0.947 bits per heavy atom. The van der Waals surface area contributed by atoms with Gasteiger partial charge in [0.05, 0.1) is 13.2 Å². The number of alkyl carbamates (subject to hydrolysis) is 1. The van der Waals surface area contributed by atoms with Crippen LogP contribution in [0.15, 0.2) is 54.6 Å². The molecule has 204 valence electrons. The van der Waals surface area contributed by atoms with Gasteiger partial charge in [-0.25, -0.2) is 4.79 Å². The summed E-state index contributed by atoms with van der Waals surface area (Å²) in [5, 5.41) is 14.4. The number of likely N-dealkylation sites (tertiary alicyclic amines) is 1. The second kappa shape index (κ2) is 12.4. The number of carbonyl (C=O) groups excluding carboxylic acids is 1. The molecule has 5 rings (SSSR count). The van der Waals surface area contributed by atoms with Gasteiger partial charge in [0.15, 0.2) is 0 Å². The molecule has 1 aliphatic carbocycles. The summed E-state index contributed by atoms with van der Waals surface area (Å²) in [7, 11) is 0. The fourth-order valence-corrected chi connectivity index (χ4v) is 6.74. The molecule has 38 heavy (non-hydrogen) atoms. The van der Waals surface area contributed by atoms with Crippen LogP contribution in [0.2, 0.25) is 0 Å². The van der Waals surface area contributed by atoms with Crippen molar-refractivity contribution in [3.05, 3.63) is 71.4 Å². The van der Waals surface area contributed by atoms with E-state index in [2.05, 4.69) is 46.8 Å². The van der Waals surface area contributed by atoms with E-state index in [1.165, 1.54) is 25.7 Å². The molecular weight excluding hydrogens is 474 g/mol. The van der Waals surface area contributed by atoms with Crippen molar-refractivity contribution in [3.63, 3.8) is 0 Å². The summed E-state index contributed by atoms with van der Waals surface area (Å²) >= 11 is 0. The van der Waals surface area contributed by atoms with Crippen LogP contribution in [-0.4, -0.2) is 39.8 Å². The summed E-state index contributed by atoms with van der Waals surface area (Å²) in [4.78, 5) is 15.3. The van der Waals surface area contributed by atoms with E-state index in [0.717, 1.165) is 71.5 Å². The normalized spacial score (nSPS) is 21.2. The predicted molar refractivity (Wildman–Crippen MR) is 152 cm³/mol. The maximum atomic E-state index is 12.6. The van der Waals surface area contributed by atoms with Crippen molar-refractivity contribution in [2.24, 2.45) is 11.8 Å². The van der Waals surface area contributed by atoms with Gasteiger partial charge in [-0.2, -0.15) is 0 Å². The smallest absolute Gasteiger partial charge is 0.407 e. The quantitative estimate of drug-likeness (QED) is 0.362. The summed E-state index contributed by atoms with van der Waals surface area (Å²) in [6.45, 7) is 7.46. The van der Waals surface area contributed by atoms with E-state index >= 15 is 0 Å². The number of ether oxygens (including phenoxy) is 1. The first-order valence-electron chi connectivity index (χ1n) is 14.4. The summed E-state index contributed by atoms with van der Waals surface area (Å²) in [6, 6.07) is 19.1. The summed E-state index contributed by atoms with van der Waals surface area (Å²) in [5.74, 6) is 1.69. The molecule has 0 unspecified atom stereocenters. The lowest BCUT2D eigenvalue weighted by atomic mass is 9.79. The zero-order valence-electron chi connectivity index (χ0n) is 22.9. The Bertz CT molecular complexity index is 1190. The van der Waals surface area contributed by atoms with E-state index in [9.17, 15) is 9.90 Å². The molecule has 0 radical (unpaired) electrons. The van der Waals surface area contributed by atoms with Crippen LogP contribution < -0.4 is 5.32 Å². The molecule has 2 heterocycles. The number of aliphatic hydroxyl groups excluding tert-OH is 1. The van der Waals surface area contributed by atoms with Gasteiger partial charge in [0.2, 0.25) is 0 Å². The number of hydrogen-bond donors (Lipinski definition) is 2. The minimum absolute atomic E-state index is 0.0540. The number of carbonyl (C=O) groups is 1. The number of nitrogens with zero attached hydrogens (tertiary/aromatic N) is 2. The van der Waals surface area contributed by atoms with E-state index in [0.29, 0.717) is 12.6 Å². The van der Waals surface area contributed by atoms with Gasteiger partial charge in [-0.3, -0.25) is 0 Å². The molecule has 2 aliphatic rings. The van der Waals surface area contributed by atoms with Crippen LogP contribution >= 0.6 is 0 Å². The SMILES string of the molecule is CC(C)[C@H]1CC[C@@H](N2CCC(n3c(CNC(=O)OCc4ccccc4)c(CO)c4ccccc43)CC2)CC1. The molecule has 0 atom stereocenters. The lowest BCUT2D eigenvalue weighted by molar-refractivity contribution is 0.0887. The average molecular weight is 518 g/mol. The van der Waals surface area contributed by atoms with Crippen molar-refractivity contribution in [3.8, 4) is 0 Å². The highest BCUT2D eigenvalue weighted by Crippen LogP contribution is 2.37. The van der Waals surface area contributed by atoms with Gasteiger partial charge in [0, 0.05) is 47.3 Å². The average Bonchev–Trinajstić information content (AvgIpc) is 3.29. The summed E-state index contributed by atoms with van der Waals surface area (Å²) in [6.07, 6.45) is 7.10. The Morgan fingerprint density at radius 2 is 1.63 bits per heavy atom. The Labute approximate surface area is 227 Å². The number of benzene rings is 2. The first-order chi connectivity index (χ1) is 18.5. The maximum absolute atomic E-state index is 12.6. The van der Waals surface area contributed by atoms with E-state index in [1.54, 1.807) is 0 Å². The van der Waals surface area contributed by atoms with E-state index in [1.807, 2.05) is 36.4 Å². The fourth-order valence-electron chi connectivity index (χ4n) is 6.74. The highest BCUT2D eigenvalue weighted by atomic mass is 16.5. The van der Waals surface area contributed by atoms with Crippen LogP contribution in [0.4, 0.5) is 4.79 Å². The van der Waals surface area contributed by atoms with Gasteiger partial charge in [0.1, 0.15) is 6.61 Å². The highest BCUT2D eigenvalue weighted by molar-refractivity contribution is 5.86. The summed E-state index contributed by atoms with van der Waals surface area (Å²) in [5.41, 5.74) is 3.99. The molecule has 6 nitrogen and oxygen atoms in total. The third kappa shape index (κ3) is 5.92. The molecule has 1 amide bonds. The van der Waals surface area contributed by atoms with Crippen molar-refractivity contribution in [1.82, 2.24) is 14.8 Å². The van der Waals surface area contributed by atoms with Gasteiger partial charge in [-0.1, -0.05) is 62.4 Å². The Morgan fingerprint density at radius 3 is 2.32 bits per heavy atom. The molecule has 2 fully saturated rings. The van der Waals surface area contributed by atoms with E-state index < -0.39 is 6.09 Å². The minimum atomic E-state index is -0.443. The number of aromatic nitrogens is 1. The second-order valence-corrected chi connectivity index (χ2v) is 11.5. The largest absolute Gasteiger partial charge is 0.445 e. The van der Waals surface area contributed by atoms with Crippen LogP contribution in [0.25, 0.3) is 10.9 Å². The molecule has 6 heteroatoms. The molecule has 0 bridgehead atoms. The molecule has 2 N–H and O–H groups in total. The van der Waals surface area contributed by atoms with Crippen LogP contribution in [0.3, 0.4) is 0 Å². The standard InChI is InChI=1S/C32H43N3O3/c1-23(2)25-12-14-26(15-13-25)34-18-16-27(17-19-34)35-30-11-7-6-10-28(30)29(21-36)31(35)20-33-32(37)38-22-24-8-4-3-5-9-24/h3-11,23,25-27,36H,12-22H2,1-2H3,(H,33,37)/t25-,26+. The van der Waals surface area contributed by atoms with Crippen LogP contribution in [0.5, 0.6) is 0 Å². The van der Waals surface area contributed by atoms with Crippen molar-refractivity contribution in [1.29, 1.82) is 0 Å². The Balaban J connectivity index is 1.27. The topological polar surface area (TPSA) is 66.7 Å². The number of piperidine rings is 1. The van der Waals surface area contributed by atoms with Crippen LogP contribution in [-0.2, 0) is 24.5 Å². The molecule has 1 aliphatic heterocycles. The zero-order valence-corrected chi connectivity index (χ0v) is 22.9. The number of rotatable bonds is 8. The molecule has 2 aromatic carbocycles. The van der Waals surface area contributed by atoms with E-state index in [4.69, 9.17) is 4.74 Å². The molecule has 1 aromatic heterocycles. The van der Waals surface area contributed by atoms with Gasteiger partial charge >= 0.3 is 6.09 Å². The van der Waals surface area contributed by atoms with Gasteiger partial charge in [0.25, 0.3) is 0 Å². The lowest BCUT2D eigenvalue weighted by Crippen LogP contribution is -2.44. The molecule has 3 aromatic rings. The second-order valence-electron chi connectivity index (χ2n) is 11.5. The molecule has 0 spiro atoms. The van der Waals surface area contributed by atoms with Crippen LogP contribution in [0.1, 0.15) is 75.2 Å². The van der Waals surface area contributed by atoms with Crippen molar-refractivity contribution in [2.75, 3.05) is 13.1 Å². The third-order valence-corrected chi connectivity index (χ3v) is 8.96. The Hall–Kier alpha value is -2.83. The van der Waals surface area contributed by atoms with Crippen LogP contribution in [0, 0.1) is 11.8 Å². The maximum Gasteiger partial charge on any atom is 0.407 e. The number of aliphatic hydroxyl groups is 1. The van der Waals surface area contributed by atoms with Crippen molar-refractivity contribution in [2.45, 2.75) is 84.2 Å². The van der Waals surface area contributed by atoms with Crippen molar-refractivity contribution >= 4 is 17.0 Å². The number of hydrogen-bond acceptors (Lipinski definition) is 4.